The summed E-state index contributed by atoms with van der Waals surface area (Å²) in [6, 6.07) is 2.73. The predicted molar refractivity (Wildman–Crippen MR) is 69.2 cm³/mol. The van der Waals surface area contributed by atoms with Crippen molar-refractivity contribution < 1.29 is 13.9 Å². The van der Waals surface area contributed by atoms with E-state index in [1.807, 2.05) is 0 Å². The monoisotopic (exact) mass is 267 g/mol. The van der Waals surface area contributed by atoms with Gasteiger partial charge in [0, 0.05) is 7.11 Å². The quantitative estimate of drug-likeness (QED) is 0.804. The lowest BCUT2D eigenvalue weighted by Gasteiger charge is -2.35. The van der Waals surface area contributed by atoms with Gasteiger partial charge in [-0.05, 0) is 38.1 Å². The first-order chi connectivity index (χ1) is 9.16. The minimum absolute atomic E-state index is 0.0933. The van der Waals surface area contributed by atoms with Crippen LogP contribution in [0.2, 0.25) is 0 Å². The summed E-state index contributed by atoms with van der Waals surface area (Å²) in [5, 5.41) is 6.02. The van der Waals surface area contributed by atoms with E-state index in [0.29, 0.717) is 12.3 Å². The molecule has 2 rings (SSSR count). The van der Waals surface area contributed by atoms with Crippen molar-refractivity contribution >= 4 is 11.6 Å². The lowest BCUT2D eigenvalue weighted by atomic mass is 9.78. The molecule has 0 unspecified atom stereocenters. The van der Waals surface area contributed by atoms with Crippen molar-refractivity contribution in [2.75, 3.05) is 32.1 Å². The number of piperidine rings is 1. The normalized spacial score (nSPS) is 18.0. The molecule has 2 heterocycles. The summed E-state index contributed by atoms with van der Waals surface area (Å²) >= 11 is 0. The summed E-state index contributed by atoms with van der Waals surface area (Å²) < 4.78 is 17.9. The van der Waals surface area contributed by atoms with Crippen molar-refractivity contribution in [1.82, 2.24) is 10.3 Å². The number of anilines is 1. The van der Waals surface area contributed by atoms with E-state index >= 15 is 0 Å². The summed E-state index contributed by atoms with van der Waals surface area (Å²) in [6.45, 7) is 1.96. The number of nitrogens with one attached hydrogen (secondary N) is 2. The molecule has 1 aliphatic heterocycles. The molecule has 0 bridgehead atoms. The average molecular weight is 267 g/mol. The van der Waals surface area contributed by atoms with Crippen molar-refractivity contribution in [1.29, 1.82) is 0 Å². The summed E-state index contributed by atoms with van der Waals surface area (Å²) in [4.78, 5) is 15.9. The third kappa shape index (κ3) is 3.27. The van der Waals surface area contributed by atoms with E-state index in [1.54, 1.807) is 7.11 Å². The Morgan fingerprint density at radius 2 is 2.26 bits per heavy atom. The Morgan fingerprint density at radius 3 is 2.84 bits per heavy atom. The second-order valence-electron chi connectivity index (χ2n) is 4.79. The van der Waals surface area contributed by atoms with Crippen LogP contribution in [0.15, 0.2) is 18.3 Å². The van der Waals surface area contributed by atoms with Gasteiger partial charge in [0.25, 0.3) is 0 Å². The standard InChI is InChI=1S/C13H18FN3O2/c1-19-9-13(4-6-15-7-5-13)12(18)17-10-2-3-11(14)16-8-10/h2-3,8,15H,4-7,9H2,1H3,(H,17,18). The van der Waals surface area contributed by atoms with Crippen LogP contribution in [-0.2, 0) is 9.53 Å². The number of halogens is 1. The largest absolute Gasteiger partial charge is 0.384 e. The van der Waals surface area contributed by atoms with Crippen LogP contribution < -0.4 is 10.6 Å². The van der Waals surface area contributed by atoms with Crippen LogP contribution in [0.25, 0.3) is 0 Å². The molecule has 1 aromatic heterocycles. The predicted octanol–water partition coefficient (Wildman–Crippen LogP) is 1.18. The fourth-order valence-corrected chi connectivity index (χ4v) is 2.33. The Hall–Kier alpha value is -1.53. The minimum atomic E-state index is -0.563. The molecule has 0 radical (unpaired) electrons. The Bertz CT molecular complexity index is 425. The Kier molecular flexibility index (Phi) is 4.44. The van der Waals surface area contributed by atoms with Crippen LogP contribution in [0.3, 0.4) is 0 Å². The highest BCUT2D eigenvalue weighted by Crippen LogP contribution is 2.30. The summed E-state index contributed by atoms with van der Waals surface area (Å²) in [5.41, 5.74) is -0.0191. The van der Waals surface area contributed by atoms with Gasteiger partial charge in [-0.15, -0.1) is 0 Å². The highest BCUT2D eigenvalue weighted by Gasteiger charge is 2.39. The van der Waals surface area contributed by atoms with E-state index in [4.69, 9.17) is 4.74 Å². The second kappa shape index (κ2) is 6.08. The number of amides is 1. The van der Waals surface area contributed by atoms with Crippen molar-refractivity contribution in [2.24, 2.45) is 5.41 Å². The third-order valence-corrected chi connectivity index (χ3v) is 3.45. The first kappa shape index (κ1) is 13.9. The number of carbonyl (C=O) groups excluding carboxylic acids is 1. The van der Waals surface area contributed by atoms with Crippen molar-refractivity contribution in [3.63, 3.8) is 0 Å². The zero-order valence-electron chi connectivity index (χ0n) is 10.9. The van der Waals surface area contributed by atoms with Crippen molar-refractivity contribution in [2.45, 2.75) is 12.8 Å². The van der Waals surface area contributed by atoms with Crippen molar-refractivity contribution in [3.8, 4) is 0 Å². The van der Waals surface area contributed by atoms with Gasteiger partial charge in [-0.25, -0.2) is 4.98 Å². The van der Waals surface area contributed by atoms with Gasteiger partial charge >= 0.3 is 0 Å². The fraction of sp³-hybridized carbons (Fsp3) is 0.538. The zero-order valence-corrected chi connectivity index (χ0v) is 10.9. The molecule has 0 saturated carbocycles. The molecule has 0 spiro atoms. The number of hydrogen-bond donors (Lipinski definition) is 2. The summed E-state index contributed by atoms with van der Waals surface area (Å²) in [5.74, 6) is -0.657. The SMILES string of the molecule is COCC1(C(=O)Nc2ccc(F)nc2)CCNCC1. The summed E-state index contributed by atoms with van der Waals surface area (Å²) in [7, 11) is 1.59. The Morgan fingerprint density at radius 1 is 1.53 bits per heavy atom. The lowest BCUT2D eigenvalue weighted by Crippen LogP contribution is -2.47. The second-order valence-corrected chi connectivity index (χ2v) is 4.79. The molecule has 5 nitrogen and oxygen atoms in total. The third-order valence-electron chi connectivity index (χ3n) is 3.45. The smallest absolute Gasteiger partial charge is 0.233 e. The van der Waals surface area contributed by atoms with Crippen LogP contribution in [0.1, 0.15) is 12.8 Å². The highest BCUT2D eigenvalue weighted by atomic mass is 19.1. The van der Waals surface area contributed by atoms with Crippen LogP contribution in [0, 0.1) is 11.4 Å². The van der Waals surface area contributed by atoms with Crippen LogP contribution in [0.5, 0.6) is 0 Å². The van der Waals surface area contributed by atoms with E-state index in [1.165, 1.54) is 18.3 Å². The highest BCUT2D eigenvalue weighted by molar-refractivity contribution is 5.95. The van der Waals surface area contributed by atoms with E-state index in [-0.39, 0.29) is 5.91 Å². The topological polar surface area (TPSA) is 63.2 Å². The molecule has 1 aromatic rings. The van der Waals surface area contributed by atoms with Gasteiger partial charge in [-0.2, -0.15) is 4.39 Å². The van der Waals surface area contributed by atoms with E-state index in [9.17, 15) is 9.18 Å². The van der Waals surface area contributed by atoms with Gasteiger partial charge < -0.3 is 15.4 Å². The first-order valence-corrected chi connectivity index (χ1v) is 6.29. The van der Waals surface area contributed by atoms with Crippen LogP contribution in [-0.4, -0.2) is 37.7 Å². The van der Waals surface area contributed by atoms with Crippen LogP contribution in [0.4, 0.5) is 10.1 Å². The maximum Gasteiger partial charge on any atom is 0.233 e. The average Bonchev–Trinajstić information content (AvgIpc) is 2.43. The van der Waals surface area contributed by atoms with Crippen molar-refractivity contribution in [3.05, 3.63) is 24.3 Å². The van der Waals surface area contributed by atoms with Gasteiger partial charge in [0.15, 0.2) is 0 Å². The molecular formula is C13H18FN3O2. The maximum absolute atomic E-state index is 12.7. The molecule has 1 amide bonds. The molecular weight excluding hydrogens is 249 g/mol. The van der Waals surface area contributed by atoms with Gasteiger partial charge in [-0.1, -0.05) is 0 Å². The van der Waals surface area contributed by atoms with Gasteiger partial charge in [-0.3, -0.25) is 4.79 Å². The number of rotatable bonds is 4. The maximum atomic E-state index is 12.7. The van der Waals surface area contributed by atoms with Crippen LogP contribution >= 0.6 is 0 Å². The fourth-order valence-electron chi connectivity index (χ4n) is 2.33. The number of nitrogens with zero attached hydrogens (tertiary/aromatic N) is 1. The van der Waals surface area contributed by atoms with Gasteiger partial charge in [0.05, 0.1) is 23.9 Å². The number of ether oxygens (including phenoxy) is 1. The lowest BCUT2D eigenvalue weighted by molar-refractivity contribution is -0.130. The molecule has 2 N–H and O–H groups in total. The number of methoxy groups -OCH3 is 1. The van der Waals surface area contributed by atoms with E-state index in [0.717, 1.165) is 25.9 Å². The molecule has 6 heteroatoms. The molecule has 0 aromatic carbocycles. The molecule has 19 heavy (non-hydrogen) atoms. The Balaban J connectivity index is 2.09. The first-order valence-electron chi connectivity index (χ1n) is 6.29. The van der Waals surface area contributed by atoms with E-state index < -0.39 is 11.4 Å². The zero-order chi connectivity index (χ0) is 13.7. The number of aromatic nitrogens is 1. The molecule has 104 valence electrons. The minimum Gasteiger partial charge on any atom is -0.384 e. The molecule has 0 atom stereocenters. The molecule has 1 saturated heterocycles. The molecule has 1 aliphatic rings. The van der Waals surface area contributed by atoms with E-state index in [2.05, 4.69) is 15.6 Å². The Labute approximate surface area is 111 Å². The number of hydrogen-bond acceptors (Lipinski definition) is 4. The number of pyridine rings is 1. The molecule has 0 aliphatic carbocycles. The van der Waals surface area contributed by atoms with Gasteiger partial charge in [0.2, 0.25) is 11.9 Å². The molecule has 1 fully saturated rings. The summed E-state index contributed by atoms with van der Waals surface area (Å²) in [6.07, 6.45) is 2.76. The number of carbonyl (C=O) groups is 1. The van der Waals surface area contributed by atoms with Gasteiger partial charge in [0.1, 0.15) is 0 Å².